The van der Waals surface area contributed by atoms with Gasteiger partial charge >= 0.3 is 6.03 Å². The maximum atomic E-state index is 11.8. The first-order chi connectivity index (χ1) is 10.6. The van der Waals surface area contributed by atoms with Gasteiger partial charge in [-0.05, 0) is 38.4 Å². The van der Waals surface area contributed by atoms with Crippen molar-refractivity contribution in [2.24, 2.45) is 0 Å². The number of likely N-dealkylation sites (N-methyl/N-ethyl adjacent to an activating group) is 1. The predicted octanol–water partition coefficient (Wildman–Crippen LogP) is 2.70. The molecule has 0 aliphatic carbocycles. The first-order valence-corrected chi connectivity index (χ1v) is 7.11. The minimum Gasteiger partial charge on any atom is -0.383 e. The lowest BCUT2D eigenvalue weighted by molar-refractivity contribution is 0.262. The number of carbonyl (C=O) groups is 1. The van der Waals surface area contributed by atoms with E-state index in [9.17, 15) is 4.79 Å². The summed E-state index contributed by atoms with van der Waals surface area (Å²) in [5, 5.41) is 8.70. The van der Waals surface area contributed by atoms with E-state index < -0.39 is 0 Å². The van der Waals surface area contributed by atoms with E-state index in [4.69, 9.17) is 0 Å². The summed E-state index contributed by atoms with van der Waals surface area (Å²) in [5.74, 6) is 0.506. The standard InChI is InChI=1S/C16H21N5O/c1-21(2)11-10-17-14-8-9-15(18-12-14)20-16(22)19-13-6-4-3-5-7-13/h3-9,12,17H,10-11H2,1-2H3,(H2,18,19,20,22). The highest BCUT2D eigenvalue weighted by Gasteiger charge is 2.03. The molecule has 3 N–H and O–H groups in total. The number of hydrogen-bond donors (Lipinski definition) is 3. The molecule has 0 fully saturated rings. The predicted molar refractivity (Wildman–Crippen MR) is 90.4 cm³/mol. The van der Waals surface area contributed by atoms with Crippen LogP contribution in [0.2, 0.25) is 0 Å². The van der Waals surface area contributed by atoms with Crippen molar-refractivity contribution in [3.63, 3.8) is 0 Å². The van der Waals surface area contributed by atoms with Crippen molar-refractivity contribution in [2.45, 2.75) is 0 Å². The summed E-state index contributed by atoms with van der Waals surface area (Å²) < 4.78 is 0. The molecule has 6 nitrogen and oxygen atoms in total. The molecule has 2 aromatic rings. The third kappa shape index (κ3) is 5.41. The molecule has 6 heteroatoms. The number of amides is 2. The molecule has 0 unspecified atom stereocenters. The fourth-order valence-corrected chi connectivity index (χ4v) is 1.80. The molecule has 22 heavy (non-hydrogen) atoms. The second kappa shape index (κ2) is 7.99. The Morgan fingerprint density at radius 1 is 1.05 bits per heavy atom. The van der Waals surface area contributed by atoms with Gasteiger partial charge in [-0.3, -0.25) is 5.32 Å². The Bertz CT molecular complexity index is 583. The van der Waals surface area contributed by atoms with E-state index in [0.717, 1.165) is 24.5 Å². The second-order valence-corrected chi connectivity index (χ2v) is 5.11. The van der Waals surface area contributed by atoms with Gasteiger partial charge in [-0.15, -0.1) is 0 Å². The van der Waals surface area contributed by atoms with E-state index in [0.29, 0.717) is 5.82 Å². The van der Waals surface area contributed by atoms with Gasteiger partial charge in [-0.25, -0.2) is 9.78 Å². The summed E-state index contributed by atoms with van der Waals surface area (Å²) in [6.45, 7) is 1.79. The van der Waals surface area contributed by atoms with Crippen molar-refractivity contribution in [3.05, 3.63) is 48.7 Å². The third-order valence-electron chi connectivity index (χ3n) is 2.92. The number of pyridine rings is 1. The van der Waals surface area contributed by atoms with Crippen molar-refractivity contribution < 1.29 is 4.79 Å². The minimum absolute atomic E-state index is 0.313. The summed E-state index contributed by atoms with van der Waals surface area (Å²) in [4.78, 5) is 18.1. The number of para-hydroxylation sites is 1. The Morgan fingerprint density at radius 2 is 1.82 bits per heavy atom. The molecule has 1 aromatic heterocycles. The zero-order chi connectivity index (χ0) is 15.8. The van der Waals surface area contributed by atoms with Gasteiger partial charge in [-0.2, -0.15) is 0 Å². The molecular formula is C16H21N5O. The van der Waals surface area contributed by atoms with Crippen LogP contribution >= 0.6 is 0 Å². The Hall–Kier alpha value is -2.60. The molecule has 0 bridgehead atoms. The monoisotopic (exact) mass is 299 g/mol. The molecule has 116 valence electrons. The maximum Gasteiger partial charge on any atom is 0.324 e. The van der Waals surface area contributed by atoms with Gasteiger partial charge in [0.25, 0.3) is 0 Å². The largest absolute Gasteiger partial charge is 0.383 e. The summed E-state index contributed by atoms with van der Waals surface area (Å²) in [6, 6.07) is 12.6. The van der Waals surface area contributed by atoms with E-state index in [2.05, 4.69) is 25.8 Å². The van der Waals surface area contributed by atoms with Crippen LogP contribution < -0.4 is 16.0 Å². The average Bonchev–Trinajstić information content (AvgIpc) is 2.49. The number of anilines is 3. The van der Waals surface area contributed by atoms with Crippen molar-refractivity contribution in [2.75, 3.05) is 43.1 Å². The fraction of sp³-hybridized carbons (Fsp3) is 0.250. The van der Waals surface area contributed by atoms with Crippen LogP contribution in [0, 0.1) is 0 Å². The zero-order valence-electron chi connectivity index (χ0n) is 12.8. The van der Waals surface area contributed by atoms with Crippen LogP contribution in [0.4, 0.5) is 22.0 Å². The number of urea groups is 1. The molecule has 0 saturated heterocycles. The number of nitrogens with zero attached hydrogens (tertiary/aromatic N) is 2. The quantitative estimate of drug-likeness (QED) is 0.767. The first kappa shape index (κ1) is 15.8. The molecule has 0 atom stereocenters. The smallest absolute Gasteiger partial charge is 0.324 e. The summed E-state index contributed by atoms with van der Waals surface area (Å²) in [5.41, 5.74) is 1.66. The van der Waals surface area contributed by atoms with Gasteiger partial charge < -0.3 is 15.5 Å². The highest BCUT2D eigenvalue weighted by Crippen LogP contribution is 2.10. The van der Waals surface area contributed by atoms with E-state index in [-0.39, 0.29) is 6.03 Å². The molecule has 1 heterocycles. The molecule has 0 aliphatic heterocycles. The number of nitrogens with one attached hydrogen (secondary N) is 3. The van der Waals surface area contributed by atoms with Gasteiger partial charge in [0.2, 0.25) is 0 Å². The number of benzene rings is 1. The lowest BCUT2D eigenvalue weighted by Gasteiger charge is -2.11. The summed E-state index contributed by atoms with van der Waals surface area (Å²) in [7, 11) is 4.05. The second-order valence-electron chi connectivity index (χ2n) is 5.11. The Morgan fingerprint density at radius 3 is 2.45 bits per heavy atom. The van der Waals surface area contributed by atoms with Crippen molar-refractivity contribution in [1.29, 1.82) is 0 Å². The average molecular weight is 299 g/mol. The van der Waals surface area contributed by atoms with Gasteiger partial charge in [0, 0.05) is 18.8 Å². The zero-order valence-corrected chi connectivity index (χ0v) is 12.8. The molecular weight excluding hydrogens is 278 g/mol. The fourth-order valence-electron chi connectivity index (χ4n) is 1.80. The molecule has 2 amide bonds. The Labute approximate surface area is 130 Å². The van der Waals surface area contributed by atoms with E-state index in [1.807, 2.05) is 50.5 Å². The van der Waals surface area contributed by atoms with Gasteiger partial charge in [0.1, 0.15) is 5.82 Å². The van der Waals surface area contributed by atoms with Crippen LogP contribution in [0.5, 0.6) is 0 Å². The molecule has 0 radical (unpaired) electrons. The van der Waals surface area contributed by atoms with Crippen LogP contribution in [-0.4, -0.2) is 43.1 Å². The van der Waals surface area contributed by atoms with E-state index in [1.165, 1.54) is 0 Å². The SMILES string of the molecule is CN(C)CCNc1ccc(NC(=O)Nc2ccccc2)nc1. The number of hydrogen-bond acceptors (Lipinski definition) is 4. The van der Waals surface area contributed by atoms with Crippen LogP contribution in [0.15, 0.2) is 48.7 Å². The van der Waals surface area contributed by atoms with Gasteiger partial charge in [-0.1, -0.05) is 18.2 Å². The normalized spacial score (nSPS) is 10.3. The highest BCUT2D eigenvalue weighted by molar-refractivity contribution is 5.99. The molecule has 0 aliphatic rings. The van der Waals surface area contributed by atoms with Crippen LogP contribution in [0.25, 0.3) is 0 Å². The Kier molecular flexibility index (Phi) is 5.73. The molecule has 0 spiro atoms. The van der Waals surface area contributed by atoms with Gasteiger partial charge in [0.15, 0.2) is 0 Å². The van der Waals surface area contributed by atoms with E-state index in [1.54, 1.807) is 12.3 Å². The van der Waals surface area contributed by atoms with Crippen molar-refractivity contribution in [3.8, 4) is 0 Å². The molecule has 2 rings (SSSR count). The van der Waals surface area contributed by atoms with Crippen molar-refractivity contribution in [1.82, 2.24) is 9.88 Å². The number of carbonyl (C=O) groups excluding carboxylic acids is 1. The van der Waals surface area contributed by atoms with E-state index >= 15 is 0 Å². The molecule has 0 saturated carbocycles. The molecule has 1 aromatic carbocycles. The maximum absolute atomic E-state index is 11.8. The lowest BCUT2D eigenvalue weighted by Crippen LogP contribution is -2.21. The number of aromatic nitrogens is 1. The topological polar surface area (TPSA) is 69.3 Å². The number of rotatable bonds is 6. The third-order valence-corrected chi connectivity index (χ3v) is 2.92. The highest BCUT2D eigenvalue weighted by atomic mass is 16.2. The lowest BCUT2D eigenvalue weighted by atomic mass is 10.3. The van der Waals surface area contributed by atoms with Gasteiger partial charge in [0.05, 0.1) is 11.9 Å². The summed E-state index contributed by atoms with van der Waals surface area (Å²) >= 11 is 0. The minimum atomic E-state index is -0.313. The van der Waals surface area contributed by atoms with Crippen LogP contribution in [-0.2, 0) is 0 Å². The Balaban J connectivity index is 1.82. The van der Waals surface area contributed by atoms with Crippen molar-refractivity contribution >= 4 is 23.2 Å². The first-order valence-electron chi connectivity index (χ1n) is 7.11. The van der Waals surface area contributed by atoms with Crippen LogP contribution in [0.1, 0.15) is 0 Å². The van der Waals surface area contributed by atoms with Crippen LogP contribution in [0.3, 0.4) is 0 Å². The summed E-state index contributed by atoms with van der Waals surface area (Å²) in [6.07, 6.45) is 1.70.